The van der Waals surface area contributed by atoms with Crippen molar-refractivity contribution in [2.24, 2.45) is 0 Å². The van der Waals surface area contributed by atoms with Crippen LogP contribution in [0.25, 0.3) is 0 Å². The molecule has 1 saturated carbocycles. The molecule has 0 unspecified atom stereocenters. The van der Waals surface area contributed by atoms with Crippen LogP contribution in [0.3, 0.4) is 0 Å². The topological polar surface area (TPSA) is 69.6 Å². The van der Waals surface area contributed by atoms with Crippen molar-refractivity contribution in [3.05, 3.63) is 0 Å². The van der Waals surface area contributed by atoms with E-state index in [1.54, 1.807) is 0 Å². The summed E-state index contributed by atoms with van der Waals surface area (Å²) < 4.78 is 0. The van der Waals surface area contributed by atoms with Crippen molar-refractivity contribution in [2.45, 2.75) is 50.7 Å². The number of aliphatic hydroxyl groups excluding tert-OH is 1. The maximum absolute atomic E-state index is 10.2. The van der Waals surface area contributed by atoms with Gasteiger partial charge in [-0.25, -0.2) is 0 Å². The van der Waals surface area contributed by atoms with Gasteiger partial charge in [0.15, 0.2) is 0 Å². The van der Waals surface area contributed by atoms with Crippen LogP contribution in [0.5, 0.6) is 0 Å². The van der Waals surface area contributed by atoms with Crippen LogP contribution in [0.15, 0.2) is 0 Å². The molecule has 1 aliphatic carbocycles. The third kappa shape index (κ3) is 4.07. The lowest BCUT2D eigenvalue weighted by atomic mass is 9.92. The largest absolute Gasteiger partial charge is 0.481 e. The normalized spacial score (nSPS) is 27.5. The van der Waals surface area contributed by atoms with E-state index < -0.39 is 5.97 Å². The van der Waals surface area contributed by atoms with Crippen molar-refractivity contribution >= 4 is 5.97 Å². The van der Waals surface area contributed by atoms with E-state index in [1.807, 2.05) is 0 Å². The molecule has 82 valence electrons. The molecule has 3 N–H and O–H groups in total. The fourth-order valence-corrected chi connectivity index (χ4v) is 1.88. The molecule has 14 heavy (non-hydrogen) atoms. The molecular weight excluding hydrogens is 182 g/mol. The third-order valence-electron chi connectivity index (χ3n) is 2.70. The van der Waals surface area contributed by atoms with E-state index in [2.05, 4.69) is 5.32 Å². The zero-order valence-electron chi connectivity index (χ0n) is 8.41. The zero-order valence-corrected chi connectivity index (χ0v) is 8.41. The molecule has 2 atom stereocenters. The molecule has 0 spiro atoms. The number of rotatable bonds is 5. The number of aliphatic carboxylic acids is 1. The van der Waals surface area contributed by atoms with Gasteiger partial charge in [-0.15, -0.1) is 0 Å². The number of nitrogens with one attached hydrogen (secondary N) is 1. The van der Waals surface area contributed by atoms with Crippen LogP contribution in [0.2, 0.25) is 0 Å². The highest BCUT2D eigenvalue weighted by Crippen LogP contribution is 2.18. The van der Waals surface area contributed by atoms with E-state index in [4.69, 9.17) is 5.11 Å². The van der Waals surface area contributed by atoms with Crippen molar-refractivity contribution in [1.82, 2.24) is 5.32 Å². The summed E-state index contributed by atoms with van der Waals surface area (Å²) in [6.45, 7) is 0.689. The predicted octanol–water partition coefficient (Wildman–Crippen LogP) is 0.744. The summed E-state index contributed by atoms with van der Waals surface area (Å²) in [7, 11) is 0. The van der Waals surface area contributed by atoms with E-state index in [0.29, 0.717) is 13.0 Å². The van der Waals surface area contributed by atoms with Crippen LogP contribution in [0.1, 0.15) is 38.5 Å². The molecule has 0 aromatic rings. The molecule has 0 bridgehead atoms. The Bertz CT molecular complexity index is 184. The minimum Gasteiger partial charge on any atom is -0.481 e. The van der Waals surface area contributed by atoms with Crippen molar-refractivity contribution < 1.29 is 15.0 Å². The first-order chi connectivity index (χ1) is 6.70. The Balaban J connectivity index is 2.07. The molecule has 0 heterocycles. The average Bonchev–Trinajstić information content (AvgIpc) is 2.15. The van der Waals surface area contributed by atoms with E-state index in [0.717, 1.165) is 25.7 Å². The third-order valence-corrected chi connectivity index (χ3v) is 2.70. The molecule has 4 heteroatoms. The number of carboxylic acid groups (broad SMARTS) is 1. The summed E-state index contributed by atoms with van der Waals surface area (Å²) in [6, 6.07) is 0.178. The van der Waals surface area contributed by atoms with Crippen molar-refractivity contribution in [3.63, 3.8) is 0 Å². The maximum atomic E-state index is 10.2. The molecule has 1 rings (SSSR count). The van der Waals surface area contributed by atoms with Gasteiger partial charge < -0.3 is 15.5 Å². The van der Waals surface area contributed by atoms with Crippen LogP contribution >= 0.6 is 0 Å². The summed E-state index contributed by atoms with van der Waals surface area (Å²) in [6.07, 6.45) is 4.75. The number of carboxylic acids is 1. The number of aliphatic hydroxyl groups is 1. The minimum absolute atomic E-state index is 0.178. The lowest BCUT2D eigenvalue weighted by Gasteiger charge is -2.28. The molecule has 4 nitrogen and oxygen atoms in total. The first kappa shape index (κ1) is 11.5. The maximum Gasteiger partial charge on any atom is 0.303 e. The second-order valence-corrected chi connectivity index (χ2v) is 3.91. The molecule has 0 amide bonds. The Hall–Kier alpha value is -0.610. The number of carbonyl (C=O) groups is 1. The van der Waals surface area contributed by atoms with Crippen molar-refractivity contribution in [2.75, 3.05) is 6.54 Å². The Kier molecular flexibility index (Phi) is 4.90. The summed E-state index contributed by atoms with van der Waals surface area (Å²) >= 11 is 0. The van der Waals surface area contributed by atoms with Gasteiger partial charge in [-0.3, -0.25) is 4.79 Å². The van der Waals surface area contributed by atoms with Gasteiger partial charge in [0.05, 0.1) is 6.10 Å². The van der Waals surface area contributed by atoms with Gasteiger partial charge in [-0.05, 0) is 25.8 Å². The summed E-state index contributed by atoms with van der Waals surface area (Å²) in [5, 5.41) is 21.2. The Morgan fingerprint density at radius 1 is 1.36 bits per heavy atom. The molecule has 0 saturated heterocycles. The van der Waals surface area contributed by atoms with Crippen LogP contribution in [0.4, 0.5) is 0 Å². The standard InChI is InChI=1S/C10H19NO3/c12-9-5-2-1-4-8(9)11-7-3-6-10(13)14/h8-9,11-12H,1-7H2,(H,13,14)/t8-,9-/m0/s1. The molecule has 0 aromatic carbocycles. The van der Waals surface area contributed by atoms with E-state index >= 15 is 0 Å². The van der Waals surface area contributed by atoms with Gasteiger partial charge in [-0.2, -0.15) is 0 Å². The highest BCUT2D eigenvalue weighted by atomic mass is 16.4. The summed E-state index contributed by atoms with van der Waals surface area (Å²) in [5.74, 6) is -0.754. The first-order valence-corrected chi connectivity index (χ1v) is 5.33. The lowest BCUT2D eigenvalue weighted by molar-refractivity contribution is -0.137. The van der Waals surface area contributed by atoms with Crippen LogP contribution < -0.4 is 5.32 Å². The highest BCUT2D eigenvalue weighted by molar-refractivity contribution is 5.66. The molecule has 1 fully saturated rings. The molecular formula is C10H19NO3. The molecule has 1 aliphatic rings. The van der Waals surface area contributed by atoms with E-state index in [9.17, 15) is 9.90 Å². The van der Waals surface area contributed by atoms with Crippen LogP contribution in [-0.2, 0) is 4.79 Å². The second-order valence-electron chi connectivity index (χ2n) is 3.91. The van der Waals surface area contributed by atoms with Gasteiger partial charge in [0, 0.05) is 12.5 Å². The Morgan fingerprint density at radius 3 is 2.71 bits per heavy atom. The second kappa shape index (κ2) is 5.98. The lowest BCUT2D eigenvalue weighted by Crippen LogP contribution is -2.42. The van der Waals surface area contributed by atoms with Crippen molar-refractivity contribution in [3.8, 4) is 0 Å². The number of hydrogen-bond donors (Lipinski definition) is 3. The summed E-state index contributed by atoms with van der Waals surface area (Å²) in [4.78, 5) is 10.2. The monoisotopic (exact) mass is 201 g/mol. The Labute approximate surface area is 84.3 Å². The van der Waals surface area contributed by atoms with Gasteiger partial charge in [0.25, 0.3) is 0 Å². The average molecular weight is 201 g/mol. The van der Waals surface area contributed by atoms with Gasteiger partial charge in [0.1, 0.15) is 0 Å². The van der Waals surface area contributed by atoms with E-state index in [1.165, 1.54) is 0 Å². The van der Waals surface area contributed by atoms with Gasteiger partial charge in [-0.1, -0.05) is 12.8 Å². The highest BCUT2D eigenvalue weighted by Gasteiger charge is 2.21. The zero-order chi connectivity index (χ0) is 10.4. The van der Waals surface area contributed by atoms with Crippen LogP contribution in [0, 0.1) is 0 Å². The quantitative estimate of drug-likeness (QED) is 0.574. The SMILES string of the molecule is O=C(O)CCCN[C@H]1CCCC[C@@H]1O. The fourth-order valence-electron chi connectivity index (χ4n) is 1.88. The fraction of sp³-hybridized carbons (Fsp3) is 0.900. The number of hydrogen-bond acceptors (Lipinski definition) is 3. The van der Waals surface area contributed by atoms with Crippen LogP contribution in [-0.4, -0.2) is 34.9 Å². The minimum atomic E-state index is -0.754. The van der Waals surface area contributed by atoms with Gasteiger partial charge >= 0.3 is 5.97 Å². The Morgan fingerprint density at radius 2 is 2.07 bits per heavy atom. The summed E-state index contributed by atoms with van der Waals surface area (Å²) in [5.41, 5.74) is 0. The first-order valence-electron chi connectivity index (χ1n) is 5.33. The van der Waals surface area contributed by atoms with E-state index in [-0.39, 0.29) is 18.6 Å². The molecule has 0 radical (unpaired) electrons. The molecule has 0 aliphatic heterocycles. The smallest absolute Gasteiger partial charge is 0.303 e. The van der Waals surface area contributed by atoms with Gasteiger partial charge in [0.2, 0.25) is 0 Å². The molecule has 0 aromatic heterocycles. The van der Waals surface area contributed by atoms with Crippen molar-refractivity contribution in [1.29, 1.82) is 0 Å². The predicted molar refractivity (Wildman–Crippen MR) is 53.1 cm³/mol.